The lowest BCUT2D eigenvalue weighted by molar-refractivity contribution is 0.267. The molecule has 0 radical (unpaired) electrons. The lowest BCUT2D eigenvalue weighted by Gasteiger charge is -2.23. The molecule has 0 unspecified atom stereocenters. The third-order valence-corrected chi connectivity index (χ3v) is 2.51. The van der Waals surface area contributed by atoms with Crippen LogP contribution in [-0.4, -0.2) is 6.61 Å². The van der Waals surface area contributed by atoms with Crippen molar-refractivity contribution < 1.29 is 9.13 Å². The minimum Gasteiger partial charge on any atom is -0.491 e. The molecular weight excluding hydrogens is 228 g/mol. The zero-order valence-electron chi connectivity index (χ0n) is 7.30. The average molecular weight is 238 g/mol. The van der Waals surface area contributed by atoms with Gasteiger partial charge in [0.1, 0.15) is 16.6 Å². The smallest absolute Gasteiger partial charge is 0.145 e. The number of benzene rings is 1. The molecule has 1 atom stereocenters. The fourth-order valence-electron chi connectivity index (χ4n) is 1.43. The van der Waals surface area contributed by atoms with Crippen LogP contribution in [0.1, 0.15) is 18.0 Å². The molecular formula is C9H10Cl2FNO. The van der Waals surface area contributed by atoms with Gasteiger partial charge < -0.3 is 10.5 Å². The van der Waals surface area contributed by atoms with Crippen molar-refractivity contribution in [2.75, 3.05) is 6.61 Å². The summed E-state index contributed by atoms with van der Waals surface area (Å²) >= 11 is 5.72. The number of fused-ring (bicyclic) bond motifs is 1. The summed E-state index contributed by atoms with van der Waals surface area (Å²) in [5.41, 5.74) is 6.59. The lowest BCUT2D eigenvalue weighted by Crippen LogP contribution is -2.20. The van der Waals surface area contributed by atoms with Gasteiger partial charge in [-0.2, -0.15) is 0 Å². The van der Waals surface area contributed by atoms with Crippen molar-refractivity contribution in [3.63, 3.8) is 0 Å². The van der Waals surface area contributed by atoms with Crippen molar-refractivity contribution in [1.82, 2.24) is 0 Å². The van der Waals surface area contributed by atoms with Crippen LogP contribution < -0.4 is 10.5 Å². The van der Waals surface area contributed by atoms with Crippen LogP contribution in [0.4, 0.5) is 4.39 Å². The second-order valence-electron chi connectivity index (χ2n) is 3.02. The van der Waals surface area contributed by atoms with Crippen LogP contribution in [0.3, 0.4) is 0 Å². The van der Waals surface area contributed by atoms with Gasteiger partial charge in [0, 0.05) is 18.0 Å². The van der Waals surface area contributed by atoms with E-state index in [1.54, 1.807) is 6.07 Å². The Bertz CT molecular complexity index is 346. The summed E-state index contributed by atoms with van der Waals surface area (Å²) in [4.78, 5) is 0. The van der Waals surface area contributed by atoms with Gasteiger partial charge >= 0.3 is 0 Å². The van der Waals surface area contributed by atoms with Crippen LogP contribution in [0.15, 0.2) is 12.1 Å². The van der Waals surface area contributed by atoms with E-state index >= 15 is 0 Å². The molecule has 14 heavy (non-hydrogen) atoms. The molecule has 1 aliphatic rings. The predicted octanol–water partition coefficient (Wildman–Crippen LogP) is 2.68. The summed E-state index contributed by atoms with van der Waals surface area (Å²) in [6.07, 6.45) is 0.745. The molecule has 2 nitrogen and oxygen atoms in total. The Kier molecular flexibility index (Phi) is 3.59. The van der Waals surface area contributed by atoms with Gasteiger partial charge in [0.05, 0.1) is 6.61 Å². The van der Waals surface area contributed by atoms with Crippen molar-refractivity contribution in [2.24, 2.45) is 5.73 Å². The van der Waals surface area contributed by atoms with Gasteiger partial charge in [0.25, 0.3) is 0 Å². The summed E-state index contributed by atoms with van der Waals surface area (Å²) in [7, 11) is 0. The average Bonchev–Trinajstić information content (AvgIpc) is 2.12. The second kappa shape index (κ2) is 4.34. The molecule has 0 amide bonds. The van der Waals surface area contributed by atoms with Gasteiger partial charge in [-0.3, -0.25) is 0 Å². The molecule has 5 heteroatoms. The van der Waals surface area contributed by atoms with Crippen LogP contribution in [-0.2, 0) is 0 Å². The highest BCUT2D eigenvalue weighted by molar-refractivity contribution is 6.32. The molecule has 0 fully saturated rings. The molecule has 0 saturated carbocycles. The maximum absolute atomic E-state index is 13.0. The van der Waals surface area contributed by atoms with E-state index in [2.05, 4.69) is 0 Å². The van der Waals surface area contributed by atoms with Gasteiger partial charge in [-0.25, -0.2) is 4.39 Å². The van der Waals surface area contributed by atoms with E-state index in [1.165, 1.54) is 6.07 Å². The largest absolute Gasteiger partial charge is 0.491 e. The first-order valence-electron chi connectivity index (χ1n) is 4.06. The molecule has 1 heterocycles. The van der Waals surface area contributed by atoms with E-state index in [-0.39, 0.29) is 23.5 Å². The molecule has 0 bridgehead atoms. The maximum Gasteiger partial charge on any atom is 0.145 e. The van der Waals surface area contributed by atoms with Gasteiger partial charge in [-0.15, -0.1) is 12.4 Å². The Morgan fingerprint density at radius 1 is 1.50 bits per heavy atom. The van der Waals surface area contributed by atoms with Crippen molar-refractivity contribution in [2.45, 2.75) is 12.5 Å². The standard InChI is InChI=1S/C9H9ClFNO.ClH/c10-8-6(11)2-1-5-7(12)3-4-13-9(5)8;/h1-2,7H,3-4,12H2;1H/t7-;/m1./s1. The highest BCUT2D eigenvalue weighted by Gasteiger charge is 2.22. The molecule has 0 aliphatic carbocycles. The fraction of sp³-hybridized carbons (Fsp3) is 0.333. The molecule has 78 valence electrons. The van der Waals surface area contributed by atoms with Crippen molar-refractivity contribution >= 4 is 24.0 Å². The first kappa shape index (κ1) is 11.6. The third-order valence-electron chi connectivity index (χ3n) is 2.16. The Labute approximate surface area is 92.6 Å². The number of nitrogens with two attached hydrogens (primary N) is 1. The molecule has 0 saturated heterocycles. The lowest BCUT2D eigenvalue weighted by atomic mass is 10.0. The zero-order valence-corrected chi connectivity index (χ0v) is 8.87. The van der Waals surface area contributed by atoms with Crippen molar-refractivity contribution in [3.05, 3.63) is 28.5 Å². The van der Waals surface area contributed by atoms with E-state index < -0.39 is 5.82 Å². The number of hydrogen-bond donors (Lipinski definition) is 1. The third kappa shape index (κ3) is 1.80. The summed E-state index contributed by atoms with van der Waals surface area (Å²) in [6, 6.07) is 2.85. The minimum absolute atomic E-state index is 0. The van der Waals surface area contributed by atoms with E-state index in [4.69, 9.17) is 22.1 Å². The van der Waals surface area contributed by atoms with Gasteiger partial charge in [0.15, 0.2) is 0 Å². The minimum atomic E-state index is -0.463. The predicted molar refractivity (Wildman–Crippen MR) is 55.7 cm³/mol. The maximum atomic E-state index is 13.0. The number of ether oxygens (including phenoxy) is 1. The molecule has 1 aliphatic heterocycles. The highest BCUT2D eigenvalue weighted by atomic mass is 35.5. The van der Waals surface area contributed by atoms with Crippen LogP contribution in [0.5, 0.6) is 5.75 Å². The summed E-state index contributed by atoms with van der Waals surface area (Å²) in [6.45, 7) is 0.497. The van der Waals surface area contributed by atoms with Crippen LogP contribution in [0.25, 0.3) is 0 Å². The Morgan fingerprint density at radius 3 is 2.93 bits per heavy atom. The molecule has 2 rings (SSSR count). The normalized spacial score (nSPS) is 19.2. The molecule has 0 aromatic heterocycles. The Balaban J connectivity index is 0.000000980. The number of rotatable bonds is 0. The molecule has 1 aromatic carbocycles. The first-order chi connectivity index (χ1) is 6.20. The van der Waals surface area contributed by atoms with Crippen LogP contribution in [0.2, 0.25) is 5.02 Å². The first-order valence-corrected chi connectivity index (χ1v) is 4.44. The van der Waals surface area contributed by atoms with Crippen molar-refractivity contribution in [3.8, 4) is 5.75 Å². The molecule has 1 aromatic rings. The quantitative estimate of drug-likeness (QED) is 0.754. The Hall–Kier alpha value is -0.510. The van der Waals surface area contributed by atoms with E-state index in [1.807, 2.05) is 0 Å². The zero-order chi connectivity index (χ0) is 9.42. The summed E-state index contributed by atoms with van der Waals surface area (Å²) < 4.78 is 18.2. The second-order valence-corrected chi connectivity index (χ2v) is 3.40. The molecule has 2 N–H and O–H groups in total. The summed E-state index contributed by atoms with van der Waals surface area (Å²) in [5.74, 6) is -0.0602. The van der Waals surface area contributed by atoms with E-state index in [0.29, 0.717) is 12.4 Å². The van der Waals surface area contributed by atoms with Gasteiger partial charge in [-0.05, 0) is 6.07 Å². The van der Waals surface area contributed by atoms with Gasteiger partial charge in [-0.1, -0.05) is 17.7 Å². The van der Waals surface area contributed by atoms with Crippen LogP contribution >= 0.6 is 24.0 Å². The Morgan fingerprint density at radius 2 is 2.21 bits per heavy atom. The van der Waals surface area contributed by atoms with Gasteiger partial charge in [0.2, 0.25) is 0 Å². The highest BCUT2D eigenvalue weighted by Crippen LogP contribution is 2.37. The SMILES string of the molecule is Cl.N[C@@H]1CCOc2c1ccc(F)c2Cl. The van der Waals surface area contributed by atoms with E-state index in [0.717, 1.165) is 12.0 Å². The number of halogens is 3. The monoisotopic (exact) mass is 237 g/mol. The van der Waals surface area contributed by atoms with E-state index in [9.17, 15) is 4.39 Å². The topological polar surface area (TPSA) is 35.2 Å². The molecule has 0 spiro atoms. The summed E-state index contributed by atoms with van der Waals surface area (Å²) in [5, 5.41) is 0.0349. The number of hydrogen-bond acceptors (Lipinski definition) is 2. The van der Waals surface area contributed by atoms with Crippen molar-refractivity contribution in [1.29, 1.82) is 0 Å². The fourth-order valence-corrected chi connectivity index (χ4v) is 1.66. The van der Waals surface area contributed by atoms with Crippen LogP contribution in [0, 0.1) is 5.82 Å².